The maximum Gasteiger partial charge on any atom is 0.131 e. The molecule has 0 spiro atoms. The van der Waals surface area contributed by atoms with E-state index in [0.717, 1.165) is 27.6 Å². The molecular formula is C18H19FN2. The lowest BCUT2D eigenvalue weighted by Gasteiger charge is -2.08. The average molecular weight is 282 g/mol. The Balaban J connectivity index is 0.000000774. The molecule has 0 saturated heterocycles. The molecule has 0 saturated carbocycles. The Morgan fingerprint density at radius 1 is 0.952 bits per heavy atom. The summed E-state index contributed by atoms with van der Waals surface area (Å²) in [5.74, 6) is 0.205. The van der Waals surface area contributed by atoms with Gasteiger partial charge in [-0.1, -0.05) is 38.1 Å². The van der Waals surface area contributed by atoms with Crippen molar-refractivity contribution in [1.82, 2.24) is 4.98 Å². The van der Waals surface area contributed by atoms with Crippen LogP contribution in [-0.2, 0) is 0 Å². The number of hydrogen-bond donors (Lipinski definition) is 1. The number of nitrogens with two attached hydrogens (primary N) is 1. The zero-order chi connectivity index (χ0) is 15.4. The van der Waals surface area contributed by atoms with E-state index in [2.05, 4.69) is 4.98 Å². The molecule has 0 atom stereocenters. The van der Waals surface area contributed by atoms with Crippen molar-refractivity contribution >= 4 is 16.7 Å². The quantitative estimate of drug-likeness (QED) is 0.685. The van der Waals surface area contributed by atoms with E-state index in [-0.39, 0.29) is 5.82 Å². The fourth-order valence-electron chi connectivity index (χ4n) is 2.15. The molecule has 0 aliphatic carbocycles. The molecule has 0 aliphatic heterocycles. The number of nitrogens with zero attached hydrogens (tertiary/aromatic N) is 1. The van der Waals surface area contributed by atoms with Crippen LogP contribution in [0.4, 0.5) is 10.2 Å². The number of hydrogen-bond acceptors (Lipinski definition) is 2. The maximum absolute atomic E-state index is 13.0. The molecule has 2 N–H and O–H groups in total. The Morgan fingerprint density at radius 3 is 2.29 bits per heavy atom. The highest BCUT2D eigenvalue weighted by molar-refractivity contribution is 5.89. The number of pyridine rings is 1. The number of nitrogen functional groups attached to an aromatic ring is 1. The van der Waals surface area contributed by atoms with Crippen LogP contribution in [0.15, 0.2) is 48.5 Å². The molecular weight excluding hydrogens is 263 g/mol. The summed E-state index contributed by atoms with van der Waals surface area (Å²) in [6.45, 7) is 6.02. The van der Waals surface area contributed by atoms with E-state index in [1.165, 1.54) is 12.1 Å². The van der Waals surface area contributed by atoms with E-state index in [1.54, 1.807) is 12.1 Å². The Kier molecular flexibility index (Phi) is 4.53. The Morgan fingerprint density at radius 2 is 1.62 bits per heavy atom. The van der Waals surface area contributed by atoms with E-state index in [0.29, 0.717) is 5.82 Å². The lowest BCUT2D eigenvalue weighted by Crippen LogP contribution is -1.95. The first-order valence-corrected chi connectivity index (χ1v) is 7.06. The zero-order valence-electron chi connectivity index (χ0n) is 12.5. The van der Waals surface area contributed by atoms with Gasteiger partial charge in [-0.3, -0.25) is 0 Å². The third-order valence-electron chi connectivity index (χ3n) is 3.16. The number of fused-ring (bicyclic) bond motifs is 1. The maximum atomic E-state index is 13.0. The third-order valence-corrected chi connectivity index (χ3v) is 3.16. The molecule has 1 aromatic heterocycles. The van der Waals surface area contributed by atoms with Crippen LogP contribution in [0.5, 0.6) is 0 Å². The predicted octanol–water partition coefficient (Wildman–Crippen LogP) is 4.96. The highest BCUT2D eigenvalue weighted by Crippen LogP contribution is 2.28. The van der Waals surface area contributed by atoms with Crippen molar-refractivity contribution in [3.8, 4) is 11.1 Å². The number of benzene rings is 2. The molecule has 3 aromatic rings. The van der Waals surface area contributed by atoms with Gasteiger partial charge in [-0.2, -0.15) is 0 Å². The number of halogens is 1. The molecule has 2 nitrogen and oxygen atoms in total. The SMILES string of the molecule is CC.Cc1ccc2cc(-c3ccc(F)cc3)c(N)nc2c1. The van der Waals surface area contributed by atoms with Gasteiger partial charge in [-0.05, 0) is 42.3 Å². The lowest BCUT2D eigenvalue weighted by atomic mass is 10.0. The second-order valence-electron chi connectivity index (χ2n) is 4.62. The van der Waals surface area contributed by atoms with Crippen molar-refractivity contribution in [1.29, 1.82) is 0 Å². The summed E-state index contributed by atoms with van der Waals surface area (Å²) in [5, 5.41) is 1.03. The van der Waals surface area contributed by atoms with Crippen LogP contribution in [0, 0.1) is 12.7 Å². The predicted molar refractivity (Wildman–Crippen MR) is 87.6 cm³/mol. The van der Waals surface area contributed by atoms with E-state index in [9.17, 15) is 4.39 Å². The van der Waals surface area contributed by atoms with Gasteiger partial charge >= 0.3 is 0 Å². The highest BCUT2D eigenvalue weighted by Gasteiger charge is 2.07. The molecule has 0 radical (unpaired) electrons. The lowest BCUT2D eigenvalue weighted by molar-refractivity contribution is 0.628. The van der Waals surface area contributed by atoms with Gasteiger partial charge < -0.3 is 5.73 Å². The van der Waals surface area contributed by atoms with Gasteiger partial charge in [-0.15, -0.1) is 0 Å². The van der Waals surface area contributed by atoms with Crippen molar-refractivity contribution in [2.24, 2.45) is 0 Å². The molecule has 0 bridgehead atoms. The third kappa shape index (κ3) is 3.19. The molecule has 0 amide bonds. The first-order chi connectivity index (χ1) is 10.1. The van der Waals surface area contributed by atoms with Gasteiger partial charge in [0.2, 0.25) is 0 Å². The average Bonchev–Trinajstić information content (AvgIpc) is 2.49. The molecule has 21 heavy (non-hydrogen) atoms. The van der Waals surface area contributed by atoms with Gasteiger partial charge in [-0.25, -0.2) is 9.37 Å². The normalized spacial score (nSPS) is 10.1. The van der Waals surface area contributed by atoms with E-state index in [1.807, 2.05) is 45.0 Å². The summed E-state index contributed by atoms with van der Waals surface area (Å²) in [7, 11) is 0. The fourth-order valence-corrected chi connectivity index (χ4v) is 2.15. The molecule has 108 valence electrons. The second kappa shape index (κ2) is 6.35. The van der Waals surface area contributed by atoms with Crippen LogP contribution in [0.1, 0.15) is 19.4 Å². The summed E-state index contributed by atoms with van der Waals surface area (Å²) in [6, 6.07) is 14.3. The molecule has 2 aromatic carbocycles. The van der Waals surface area contributed by atoms with Crippen LogP contribution >= 0.6 is 0 Å². The minimum absolute atomic E-state index is 0.258. The Bertz CT molecular complexity index is 749. The van der Waals surface area contributed by atoms with Crippen molar-refractivity contribution in [3.63, 3.8) is 0 Å². The molecule has 0 fully saturated rings. The summed E-state index contributed by atoms with van der Waals surface area (Å²) in [6.07, 6.45) is 0. The number of aromatic nitrogens is 1. The zero-order valence-corrected chi connectivity index (χ0v) is 12.5. The summed E-state index contributed by atoms with van der Waals surface area (Å²) in [5.41, 5.74) is 9.73. The smallest absolute Gasteiger partial charge is 0.131 e. The van der Waals surface area contributed by atoms with Crippen LogP contribution in [-0.4, -0.2) is 4.98 Å². The van der Waals surface area contributed by atoms with Crippen molar-refractivity contribution in [3.05, 3.63) is 59.9 Å². The summed E-state index contributed by atoms with van der Waals surface area (Å²) in [4.78, 5) is 4.42. The number of anilines is 1. The van der Waals surface area contributed by atoms with Crippen LogP contribution in [0.3, 0.4) is 0 Å². The van der Waals surface area contributed by atoms with Gasteiger partial charge in [0.15, 0.2) is 0 Å². The van der Waals surface area contributed by atoms with Crippen LogP contribution < -0.4 is 5.73 Å². The Hall–Kier alpha value is -2.42. The fraction of sp³-hybridized carbons (Fsp3) is 0.167. The first-order valence-electron chi connectivity index (χ1n) is 7.06. The molecule has 1 heterocycles. The van der Waals surface area contributed by atoms with E-state index < -0.39 is 0 Å². The topological polar surface area (TPSA) is 38.9 Å². The Labute approximate surface area is 124 Å². The number of rotatable bonds is 1. The van der Waals surface area contributed by atoms with Crippen molar-refractivity contribution in [2.45, 2.75) is 20.8 Å². The minimum atomic E-state index is -0.258. The molecule has 0 aliphatic rings. The standard InChI is InChI=1S/C16H13FN2.C2H6/c1-10-2-3-12-9-14(16(18)19-15(12)8-10)11-4-6-13(17)7-5-11;1-2/h2-9H,1H3,(H2,18,19);1-2H3. The van der Waals surface area contributed by atoms with Gasteiger partial charge in [0.25, 0.3) is 0 Å². The molecule has 0 unspecified atom stereocenters. The first kappa shape index (κ1) is 15.0. The second-order valence-corrected chi connectivity index (χ2v) is 4.62. The van der Waals surface area contributed by atoms with Crippen molar-refractivity contribution < 1.29 is 4.39 Å². The van der Waals surface area contributed by atoms with Gasteiger partial charge in [0, 0.05) is 10.9 Å². The van der Waals surface area contributed by atoms with Gasteiger partial charge in [0.1, 0.15) is 11.6 Å². The molecule has 3 rings (SSSR count). The summed E-state index contributed by atoms with van der Waals surface area (Å²) < 4.78 is 13.0. The minimum Gasteiger partial charge on any atom is -0.383 e. The monoisotopic (exact) mass is 282 g/mol. The largest absolute Gasteiger partial charge is 0.383 e. The van der Waals surface area contributed by atoms with E-state index >= 15 is 0 Å². The highest BCUT2D eigenvalue weighted by atomic mass is 19.1. The van der Waals surface area contributed by atoms with Crippen molar-refractivity contribution in [2.75, 3.05) is 5.73 Å². The number of aryl methyl sites for hydroxylation is 1. The summed E-state index contributed by atoms with van der Waals surface area (Å²) >= 11 is 0. The van der Waals surface area contributed by atoms with Gasteiger partial charge in [0.05, 0.1) is 5.52 Å². The van der Waals surface area contributed by atoms with E-state index in [4.69, 9.17) is 5.73 Å². The van der Waals surface area contributed by atoms with Crippen LogP contribution in [0.25, 0.3) is 22.0 Å². The molecule has 3 heteroatoms. The van der Waals surface area contributed by atoms with Crippen LogP contribution in [0.2, 0.25) is 0 Å².